The lowest BCUT2D eigenvalue weighted by atomic mass is 10.2. The lowest BCUT2D eigenvalue weighted by Gasteiger charge is -2.09. The summed E-state index contributed by atoms with van der Waals surface area (Å²) in [7, 11) is 1.64. The van der Waals surface area contributed by atoms with E-state index in [0.29, 0.717) is 28.5 Å². The van der Waals surface area contributed by atoms with Gasteiger partial charge in [0.2, 0.25) is 0 Å². The first-order valence-corrected chi connectivity index (χ1v) is 8.03. The molecule has 0 saturated heterocycles. The molecule has 1 saturated carbocycles. The monoisotopic (exact) mass is 329 g/mol. The van der Waals surface area contributed by atoms with E-state index in [1.54, 1.807) is 27.2 Å². The first-order chi connectivity index (χ1) is 11.5. The average Bonchev–Trinajstić information content (AvgIpc) is 3.18. The molecule has 1 aliphatic carbocycles. The Morgan fingerprint density at radius 1 is 1.29 bits per heavy atom. The molecule has 0 radical (unpaired) electrons. The van der Waals surface area contributed by atoms with Crippen LogP contribution in [-0.2, 0) is 20.1 Å². The molecule has 0 amide bonds. The summed E-state index contributed by atoms with van der Waals surface area (Å²) in [6.45, 7) is 4.50. The van der Waals surface area contributed by atoms with E-state index >= 15 is 0 Å². The number of nitrogens with zero attached hydrogens (tertiary/aromatic N) is 5. The number of imidazole rings is 1. The Bertz CT molecular complexity index is 1030. The molecule has 24 heavy (non-hydrogen) atoms. The molecule has 0 atom stereocenters. The molecule has 8 nitrogen and oxygen atoms in total. The molecule has 0 bridgehead atoms. The van der Waals surface area contributed by atoms with E-state index in [4.69, 9.17) is 4.52 Å². The molecule has 0 N–H and O–H groups in total. The minimum absolute atomic E-state index is 0.150. The highest BCUT2D eigenvalue weighted by atomic mass is 16.5. The molecule has 0 aliphatic heterocycles. The topological polar surface area (TPSA) is 87.8 Å². The Labute approximate surface area is 137 Å². The van der Waals surface area contributed by atoms with Crippen LogP contribution in [0.2, 0.25) is 0 Å². The normalized spacial score (nSPS) is 14.6. The number of aromatic nitrogens is 5. The van der Waals surface area contributed by atoms with Gasteiger partial charge in [0, 0.05) is 19.2 Å². The summed E-state index contributed by atoms with van der Waals surface area (Å²) < 4.78 is 9.68. The molecular formula is C16H19N5O3. The van der Waals surface area contributed by atoms with Gasteiger partial charge in [-0.25, -0.2) is 9.78 Å². The third kappa shape index (κ3) is 2.21. The van der Waals surface area contributed by atoms with E-state index < -0.39 is 0 Å². The summed E-state index contributed by atoms with van der Waals surface area (Å²) in [5.41, 5.74) is 1.67. The van der Waals surface area contributed by atoms with Gasteiger partial charge in [-0.15, -0.1) is 0 Å². The molecule has 0 spiro atoms. The van der Waals surface area contributed by atoms with Crippen molar-refractivity contribution < 1.29 is 4.52 Å². The van der Waals surface area contributed by atoms with Crippen molar-refractivity contribution in [2.45, 2.75) is 39.8 Å². The zero-order valence-electron chi connectivity index (χ0n) is 13.9. The average molecular weight is 329 g/mol. The van der Waals surface area contributed by atoms with Gasteiger partial charge in [-0.3, -0.25) is 13.9 Å². The van der Waals surface area contributed by atoms with Crippen LogP contribution < -0.4 is 11.2 Å². The van der Waals surface area contributed by atoms with Crippen LogP contribution in [0.5, 0.6) is 0 Å². The van der Waals surface area contributed by atoms with Crippen molar-refractivity contribution in [3.8, 4) is 0 Å². The van der Waals surface area contributed by atoms with Crippen molar-refractivity contribution in [2.75, 3.05) is 0 Å². The Morgan fingerprint density at radius 3 is 2.67 bits per heavy atom. The Kier molecular flexibility index (Phi) is 3.22. The third-order valence-corrected chi connectivity index (χ3v) is 4.75. The minimum Gasteiger partial charge on any atom is -0.361 e. The van der Waals surface area contributed by atoms with E-state index in [2.05, 4.69) is 10.1 Å². The fourth-order valence-electron chi connectivity index (χ4n) is 3.06. The van der Waals surface area contributed by atoms with Gasteiger partial charge >= 0.3 is 5.69 Å². The van der Waals surface area contributed by atoms with E-state index in [1.807, 2.05) is 4.57 Å². The third-order valence-electron chi connectivity index (χ3n) is 4.75. The predicted molar refractivity (Wildman–Crippen MR) is 87.0 cm³/mol. The summed E-state index contributed by atoms with van der Waals surface area (Å²) >= 11 is 0. The van der Waals surface area contributed by atoms with Gasteiger partial charge in [0.05, 0.1) is 18.6 Å². The van der Waals surface area contributed by atoms with Crippen LogP contribution in [0.4, 0.5) is 0 Å². The summed E-state index contributed by atoms with van der Waals surface area (Å²) in [5, 5.41) is 3.89. The molecule has 0 aromatic carbocycles. The van der Waals surface area contributed by atoms with Crippen LogP contribution in [-0.4, -0.2) is 23.8 Å². The highest BCUT2D eigenvalue weighted by molar-refractivity contribution is 5.70. The van der Waals surface area contributed by atoms with Crippen molar-refractivity contribution in [1.29, 1.82) is 0 Å². The van der Waals surface area contributed by atoms with Crippen LogP contribution in [0.3, 0.4) is 0 Å². The molecule has 4 rings (SSSR count). The van der Waals surface area contributed by atoms with E-state index in [0.717, 1.165) is 12.1 Å². The quantitative estimate of drug-likeness (QED) is 0.711. The minimum atomic E-state index is -0.385. The Balaban J connectivity index is 1.91. The highest BCUT2D eigenvalue weighted by Gasteiger charge is 2.25. The first-order valence-electron chi connectivity index (χ1n) is 8.03. The fourth-order valence-corrected chi connectivity index (χ4v) is 3.06. The van der Waals surface area contributed by atoms with Crippen LogP contribution in [0.1, 0.15) is 29.9 Å². The SMILES string of the molecule is Cc1noc(C)c1Cn1c(=O)c2c(ncn2CC2CC2)n(C)c1=O. The van der Waals surface area contributed by atoms with Crippen molar-refractivity contribution in [2.24, 2.45) is 13.0 Å². The maximum Gasteiger partial charge on any atom is 0.332 e. The smallest absolute Gasteiger partial charge is 0.332 e. The summed E-state index contributed by atoms with van der Waals surface area (Å²) in [6, 6.07) is 0. The van der Waals surface area contributed by atoms with Gasteiger partial charge < -0.3 is 9.09 Å². The van der Waals surface area contributed by atoms with Crippen LogP contribution in [0, 0.1) is 19.8 Å². The van der Waals surface area contributed by atoms with Crippen molar-refractivity contribution in [3.05, 3.63) is 44.2 Å². The summed E-state index contributed by atoms with van der Waals surface area (Å²) in [6.07, 6.45) is 4.02. The number of rotatable bonds is 4. The lowest BCUT2D eigenvalue weighted by Crippen LogP contribution is -2.40. The van der Waals surface area contributed by atoms with Crippen molar-refractivity contribution in [3.63, 3.8) is 0 Å². The molecule has 0 unspecified atom stereocenters. The molecule has 1 aliphatic rings. The number of fused-ring (bicyclic) bond motifs is 1. The van der Waals surface area contributed by atoms with Gasteiger partial charge in [0.25, 0.3) is 5.56 Å². The second kappa shape index (κ2) is 5.19. The molecule has 126 valence electrons. The van der Waals surface area contributed by atoms with Crippen LogP contribution >= 0.6 is 0 Å². The summed E-state index contributed by atoms with van der Waals surface area (Å²) in [5.74, 6) is 1.23. The zero-order valence-corrected chi connectivity index (χ0v) is 13.9. The second-order valence-corrected chi connectivity index (χ2v) is 6.55. The maximum atomic E-state index is 13.0. The van der Waals surface area contributed by atoms with Gasteiger partial charge in [-0.1, -0.05) is 5.16 Å². The molecule has 1 fully saturated rings. The molecule has 3 aromatic heterocycles. The van der Waals surface area contributed by atoms with Crippen LogP contribution in [0.25, 0.3) is 11.2 Å². The zero-order chi connectivity index (χ0) is 17.0. The summed E-state index contributed by atoms with van der Waals surface area (Å²) in [4.78, 5) is 29.9. The van der Waals surface area contributed by atoms with Crippen molar-refractivity contribution >= 4 is 11.2 Å². The molecule has 8 heteroatoms. The predicted octanol–water partition coefficient (Wildman–Crippen LogP) is 0.960. The number of hydrogen-bond acceptors (Lipinski definition) is 5. The van der Waals surface area contributed by atoms with E-state index in [1.165, 1.54) is 22.0 Å². The van der Waals surface area contributed by atoms with Crippen molar-refractivity contribution in [1.82, 2.24) is 23.8 Å². The van der Waals surface area contributed by atoms with Gasteiger partial charge in [0.1, 0.15) is 5.76 Å². The second-order valence-electron chi connectivity index (χ2n) is 6.55. The highest BCUT2D eigenvalue weighted by Crippen LogP contribution is 2.31. The number of aryl methyl sites for hydroxylation is 3. The Hall–Kier alpha value is -2.64. The number of hydrogen-bond donors (Lipinski definition) is 0. The molecular weight excluding hydrogens is 310 g/mol. The van der Waals surface area contributed by atoms with E-state index in [-0.39, 0.29) is 17.8 Å². The van der Waals surface area contributed by atoms with Gasteiger partial charge in [-0.05, 0) is 32.6 Å². The van der Waals surface area contributed by atoms with E-state index in [9.17, 15) is 9.59 Å². The van der Waals surface area contributed by atoms with Crippen LogP contribution in [0.15, 0.2) is 20.4 Å². The molecule has 3 aromatic rings. The lowest BCUT2D eigenvalue weighted by molar-refractivity contribution is 0.392. The first kappa shape index (κ1) is 14.9. The maximum absolute atomic E-state index is 13.0. The van der Waals surface area contributed by atoms with Gasteiger partial charge in [0.15, 0.2) is 11.2 Å². The standard InChI is InChI=1S/C16H19N5O3/c1-9-12(10(2)24-18-9)7-21-15(22)13-14(19(3)16(21)23)17-8-20(13)6-11-4-5-11/h8,11H,4-7H2,1-3H3. The Morgan fingerprint density at radius 2 is 2.04 bits per heavy atom. The van der Waals surface area contributed by atoms with Gasteiger partial charge in [-0.2, -0.15) is 0 Å². The molecule has 3 heterocycles. The largest absolute Gasteiger partial charge is 0.361 e. The fraction of sp³-hybridized carbons (Fsp3) is 0.500.